The van der Waals surface area contributed by atoms with Crippen LogP contribution in [0.1, 0.15) is 13.8 Å². The Labute approximate surface area is 61.6 Å². The predicted molar refractivity (Wildman–Crippen MR) is 40.0 cm³/mol. The number of nitrogens with zero attached hydrogens (tertiary/aromatic N) is 1. The van der Waals surface area contributed by atoms with E-state index in [4.69, 9.17) is 5.11 Å². The number of rotatable bonds is 4. The highest BCUT2D eigenvalue weighted by atomic mass is 16.4. The maximum Gasteiger partial charge on any atom is 0.307 e. The number of carbonyl (C=O) groups is 1. The Hall–Kier alpha value is -0.570. The third-order valence-electron chi connectivity index (χ3n) is 1.55. The van der Waals surface area contributed by atoms with Crippen molar-refractivity contribution in [1.82, 2.24) is 4.90 Å². The van der Waals surface area contributed by atoms with Gasteiger partial charge in [0, 0.05) is 6.54 Å². The lowest BCUT2D eigenvalue weighted by atomic mass is 10.2. The smallest absolute Gasteiger partial charge is 0.307 e. The van der Waals surface area contributed by atoms with Gasteiger partial charge in [-0.15, -0.1) is 0 Å². The van der Waals surface area contributed by atoms with Gasteiger partial charge in [0.15, 0.2) is 0 Å². The van der Waals surface area contributed by atoms with Gasteiger partial charge in [0.1, 0.15) is 0 Å². The van der Waals surface area contributed by atoms with Crippen molar-refractivity contribution < 1.29 is 9.90 Å². The molecule has 0 bridgehead atoms. The van der Waals surface area contributed by atoms with Crippen molar-refractivity contribution in [1.29, 1.82) is 0 Å². The summed E-state index contributed by atoms with van der Waals surface area (Å²) in [4.78, 5) is 12.3. The van der Waals surface area contributed by atoms with Crippen LogP contribution in [-0.2, 0) is 4.79 Å². The van der Waals surface area contributed by atoms with E-state index in [0.717, 1.165) is 6.54 Å². The molecule has 0 amide bonds. The van der Waals surface area contributed by atoms with Crippen LogP contribution in [0.2, 0.25) is 0 Å². The highest BCUT2D eigenvalue weighted by molar-refractivity contribution is 5.69. The number of carboxylic acid groups (broad SMARTS) is 1. The third kappa shape index (κ3) is 3.45. The Morgan fingerprint density at radius 3 is 2.50 bits per heavy atom. The molecule has 10 heavy (non-hydrogen) atoms. The highest BCUT2D eigenvalue weighted by Gasteiger charge is 2.11. The average molecular weight is 145 g/mol. The number of hydrogen-bond donors (Lipinski definition) is 1. The molecule has 0 fully saturated rings. The second-order valence-corrected chi connectivity index (χ2v) is 2.59. The molecule has 0 aliphatic heterocycles. The van der Waals surface area contributed by atoms with Crippen molar-refractivity contribution >= 4 is 5.97 Å². The SMILES string of the molecule is CCN(C)C[C@@H](C)C(=O)O. The van der Waals surface area contributed by atoms with Crippen LogP contribution < -0.4 is 0 Å². The fraction of sp³-hybridized carbons (Fsp3) is 0.857. The van der Waals surface area contributed by atoms with E-state index in [2.05, 4.69) is 0 Å². The Morgan fingerprint density at radius 2 is 2.20 bits per heavy atom. The number of aliphatic carboxylic acids is 1. The molecule has 0 radical (unpaired) electrons. The summed E-state index contributed by atoms with van der Waals surface area (Å²) >= 11 is 0. The molecule has 0 heterocycles. The van der Waals surface area contributed by atoms with Crippen LogP contribution in [0.4, 0.5) is 0 Å². The van der Waals surface area contributed by atoms with E-state index >= 15 is 0 Å². The monoisotopic (exact) mass is 145 g/mol. The summed E-state index contributed by atoms with van der Waals surface area (Å²) in [6, 6.07) is 0. The Bertz CT molecular complexity index is 114. The molecule has 0 aromatic rings. The summed E-state index contributed by atoms with van der Waals surface area (Å²) in [5, 5.41) is 8.50. The van der Waals surface area contributed by atoms with Gasteiger partial charge >= 0.3 is 5.97 Å². The van der Waals surface area contributed by atoms with Crippen molar-refractivity contribution in [3.8, 4) is 0 Å². The Morgan fingerprint density at radius 1 is 1.70 bits per heavy atom. The van der Waals surface area contributed by atoms with Crippen molar-refractivity contribution in [2.24, 2.45) is 5.92 Å². The summed E-state index contributed by atoms with van der Waals surface area (Å²) in [7, 11) is 1.92. The van der Waals surface area contributed by atoms with Crippen LogP contribution in [0, 0.1) is 5.92 Å². The molecule has 3 heteroatoms. The topological polar surface area (TPSA) is 40.5 Å². The molecule has 0 unspecified atom stereocenters. The van der Waals surface area contributed by atoms with Gasteiger partial charge in [0.2, 0.25) is 0 Å². The van der Waals surface area contributed by atoms with E-state index in [9.17, 15) is 4.79 Å². The second-order valence-electron chi connectivity index (χ2n) is 2.59. The molecule has 0 rings (SSSR count). The Balaban J connectivity index is 3.56. The van der Waals surface area contributed by atoms with Crippen molar-refractivity contribution in [2.75, 3.05) is 20.1 Å². The van der Waals surface area contributed by atoms with Gasteiger partial charge in [-0.25, -0.2) is 0 Å². The minimum absolute atomic E-state index is 0.259. The fourth-order valence-electron chi connectivity index (χ4n) is 0.675. The molecule has 0 saturated carbocycles. The summed E-state index contributed by atoms with van der Waals surface area (Å²) in [5.74, 6) is -0.981. The molecule has 0 aliphatic carbocycles. The van der Waals surface area contributed by atoms with Crippen molar-refractivity contribution in [3.63, 3.8) is 0 Å². The highest BCUT2D eigenvalue weighted by Crippen LogP contribution is 1.96. The summed E-state index contributed by atoms with van der Waals surface area (Å²) < 4.78 is 0. The second kappa shape index (κ2) is 4.28. The molecule has 60 valence electrons. The molecule has 0 saturated heterocycles. The minimum atomic E-state index is -0.722. The lowest BCUT2D eigenvalue weighted by Gasteiger charge is -2.15. The normalized spacial score (nSPS) is 13.6. The van der Waals surface area contributed by atoms with Crippen LogP contribution in [0.3, 0.4) is 0 Å². The zero-order chi connectivity index (χ0) is 8.15. The number of carboxylic acids is 1. The first-order chi connectivity index (χ1) is 4.57. The summed E-state index contributed by atoms with van der Waals surface area (Å²) in [5.41, 5.74) is 0. The van der Waals surface area contributed by atoms with Gasteiger partial charge in [-0.3, -0.25) is 4.79 Å². The molecular formula is C7H15NO2. The standard InChI is InChI=1S/C7H15NO2/c1-4-8(3)5-6(2)7(9)10/h6H,4-5H2,1-3H3,(H,9,10)/t6-/m1/s1. The molecule has 0 aromatic heterocycles. The molecule has 0 aromatic carbocycles. The van der Waals surface area contributed by atoms with Crippen LogP contribution in [-0.4, -0.2) is 36.1 Å². The maximum atomic E-state index is 10.3. The summed E-state index contributed by atoms with van der Waals surface area (Å²) in [6.45, 7) is 5.26. The fourth-order valence-corrected chi connectivity index (χ4v) is 0.675. The van der Waals surface area contributed by atoms with Gasteiger partial charge in [0.05, 0.1) is 5.92 Å². The first-order valence-corrected chi connectivity index (χ1v) is 3.49. The zero-order valence-corrected chi connectivity index (χ0v) is 6.79. The van der Waals surface area contributed by atoms with Gasteiger partial charge in [0.25, 0.3) is 0 Å². The van der Waals surface area contributed by atoms with Gasteiger partial charge < -0.3 is 10.0 Å². The van der Waals surface area contributed by atoms with E-state index in [1.807, 2.05) is 18.9 Å². The van der Waals surface area contributed by atoms with Crippen LogP contribution in [0.5, 0.6) is 0 Å². The first kappa shape index (κ1) is 9.43. The molecule has 0 aliphatic rings. The van der Waals surface area contributed by atoms with Gasteiger partial charge in [-0.1, -0.05) is 13.8 Å². The molecule has 3 nitrogen and oxygen atoms in total. The quantitative estimate of drug-likeness (QED) is 0.631. The predicted octanol–water partition coefficient (Wildman–Crippen LogP) is 0.659. The van der Waals surface area contributed by atoms with Crippen LogP contribution >= 0.6 is 0 Å². The molecule has 1 N–H and O–H groups in total. The van der Waals surface area contributed by atoms with Crippen molar-refractivity contribution in [2.45, 2.75) is 13.8 Å². The minimum Gasteiger partial charge on any atom is -0.481 e. The largest absolute Gasteiger partial charge is 0.481 e. The van der Waals surface area contributed by atoms with Crippen molar-refractivity contribution in [3.05, 3.63) is 0 Å². The lowest BCUT2D eigenvalue weighted by molar-refractivity contribution is -0.141. The summed E-state index contributed by atoms with van der Waals surface area (Å²) in [6.07, 6.45) is 0. The van der Waals surface area contributed by atoms with E-state index < -0.39 is 5.97 Å². The van der Waals surface area contributed by atoms with E-state index in [1.54, 1.807) is 6.92 Å². The Kier molecular flexibility index (Phi) is 4.03. The zero-order valence-electron chi connectivity index (χ0n) is 6.79. The van der Waals surface area contributed by atoms with Crippen LogP contribution in [0.25, 0.3) is 0 Å². The van der Waals surface area contributed by atoms with E-state index in [1.165, 1.54) is 0 Å². The van der Waals surface area contributed by atoms with Gasteiger partial charge in [-0.2, -0.15) is 0 Å². The average Bonchev–Trinajstić information content (AvgIpc) is 1.87. The number of hydrogen-bond acceptors (Lipinski definition) is 2. The van der Waals surface area contributed by atoms with E-state index in [-0.39, 0.29) is 5.92 Å². The van der Waals surface area contributed by atoms with Gasteiger partial charge in [-0.05, 0) is 13.6 Å². The van der Waals surface area contributed by atoms with Crippen LogP contribution in [0.15, 0.2) is 0 Å². The molecule has 0 spiro atoms. The third-order valence-corrected chi connectivity index (χ3v) is 1.55. The maximum absolute atomic E-state index is 10.3. The molecule has 1 atom stereocenters. The lowest BCUT2D eigenvalue weighted by Crippen LogP contribution is -2.28. The first-order valence-electron chi connectivity index (χ1n) is 3.49. The van der Waals surface area contributed by atoms with E-state index in [0.29, 0.717) is 6.54 Å². The molecular weight excluding hydrogens is 130 g/mol.